The third-order valence-electron chi connectivity index (χ3n) is 3.66. The number of hydrazine groups is 1. The Labute approximate surface area is 179 Å². The van der Waals surface area contributed by atoms with Crippen LogP contribution in [0.3, 0.4) is 0 Å². The van der Waals surface area contributed by atoms with Crippen molar-refractivity contribution in [2.45, 2.75) is 26.9 Å². The molecule has 2 rings (SSSR count). The van der Waals surface area contributed by atoms with E-state index in [2.05, 4.69) is 10.9 Å². The van der Waals surface area contributed by atoms with E-state index in [1.165, 1.54) is 19.2 Å². The van der Waals surface area contributed by atoms with Gasteiger partial charge in [-0.25, -0.2) is 0 Å². The van der Waals surface area contributed by atoms with E-state index >= 15 is 0 Å². The summed E-state index contributed by atoms with van der Waals surface area (Å²) in [4.78, 5) is 24.2. The molecule has 0 saturated heterocycles. The second-order valence-electron chi connectivity index (χ2n) is 6.36. The highest BCUT2D eigenvalue weighted by atomic mass is 35.5. The fraction of sp³-hybridized carbons (Fsp3) is 0.300. The van der Waals surface area contributed by atoms with E-state index in [9.17, 15) is 9.59 Å². The summed E-state index contributed by atoms with van der Waals surface area (Å²) in [7, 11) is 1.44. The molecule has 2 aromatic rings. The second-order valence-corrected chi connectivity index (χ2v) is 7.17. The average Bonchev–Trinajstić information content (AvgIpc) is 2.68. The Bertz CT molecular complexity index is 903. The Hall–Kier alpha value is -2.64. The Kier molecular flexibility index (Phi) is 7.99. The number of rotatable bonds is 7. The van der Waals surface area contributed by atoms with Crippen LogP contribution in [0.2, 0.25) is 10.0 Å². The lowest BCUT2D eigenvalue weighted by atomic mass is 10.2. The molecule has 0 spiro atoms. The number of benzene rings is 2. The number of hydrogen-bond acceptors (Lipinski definition) is 5. The molecule has 2 aromatic carbocycles. The summed E-state index contributed by atoms with van der Waals surface area (Å²) in [5.74, 6) is 0.0342. The van der Waals surface area contributed by atoms with Crippen LogP contribution in [0.4, 0.5) is 0 Å². The van der Waals surface area contributed by atoms with Gasteiger partial charge in [0.15, 0.2) is 18.1 Å². The van der Waals surface area contributed by atoms with E-state index in [1.807, 2.05) is 20.8 Å². The van der Waals surface area contributed by atoms with E-state index < -0.39 is 11.8 Å². The molecule has 29 heavy (non-hydrogen) atoms. The lowest BCUT2D eigenvalue weighted by Crippen LogP contribution is -2.43. The van der Waals surface area contributed by atoms with E-state index in [-0.39, 0.29) is 23.3 Å². The van der Waals surface area contributed by atoms with Crippen molar-refractivity contribution in [2.75, 3.05) is 13.7 Å². The zero-order valence-electron chi connectivity index (χ0n) is 16.5. The van der Waals surface area contributed by atoms with Gasteiger partial charge in [0.1, 0.15) is 5.75 Å². The van der Waals surface area contributed by atoms with E-state index in [4.69, 9.17) is 37.4 Å². The average molecular weight is 441 g/mol. The molecular weight excluding hydrogens is 419 g/mol. The molecule has 0 radical (unpaired) electrons. The van der Waals surface area contributed by atoms with Gasteiger partial charge in [-0.05, 0) is 56.7 Å². The molecule has 156 valence electrons. The molecule has 0 fully saturated rings. The predicted octanol–water partition coefficient (Wildman–Crippen LogP) is 3.94. The summed E-state index contributed by atoms with van der Waals surface area (Å²) in [6, 6.07) is 7.93. The summed E-state index contributed by atoms with van der Waals surface area (Å²) in [6.45, 7) is 5.23. The van der Waals surface area contributed by atoms with Crippen LogP contribution in [0, 0.1) is 6.92 Å². The summed E-state index contributed by atoms with van der Waals surface area (Å²) < 4.78 is 16.2. The highest BCUT2D eigenvalue weighted by Gasteiger charge is 2.17. The van der Waals surface area contributed by atoms with Crippen LogP contribution >= 0.6 is 23.2 Å². The smallest absolute Gasteiger partial charge is 0.276 e. The highest BCUT2D eigenvalue weighted by molar-refractivity contribution is 6.32. The Morgan fingerprint density at radius 3 is 2.41 bits per heavy atom. The van der Waals surface area contributed by atoms with Crippen LogP contribution in [0.15, 0.2) is 30.3 Å². The Morgan fingerprint density at radius 2 is 1.79 bits per heavy atom. The first-order chi connectivity index (χ1) is 13.7. The SMILES string of the molecule is COc1cc(C(=O)NNC(=O)COc2ccc(Cl)c(C)c2)cc(Cl)c1OC(C)C. The van der Waals surface area contributed by atoms with Crippen molar-refractivity contribution in [2.24, 2.45) is 0 Å². The van der Waals surface area contributed by atoms with Gasteiger partial charge in [-0.2, -0.15) is 0 Å². The van der Waals surface area contributed by atoms with Crippen LogP contribution < -0.4 is 25.1 Å². The Balaban J connectivity index is 1.95. The molecule has 0 aliphatic rings. The van der Waals surface area contributed by atoms with Crippen molar-refractivity contribution in [3.8, 4) is 17.2 Å². The van der Waals surface area contributed by atoms with Gasteiger partial charge < -0.3 is 14.2 Å². The normalized spacial score (nSPS) is 10.4. The van der Waals surface area contributed by atoms with Crippen molar-refractivity contribution in [3.63, 3.8) is 0 Å². The summed E-state index contributed by atoms with van der Waals surface area (Å²) in [5.41, 5.74) is 5.60. The van der Waals surface area contributed by atoms with Crippen LogP contribution in [-0.2, 0) is 4.79 Å². The lowest BCUT2D eigenvalue weighted by molar-refractivity contribution is -0.123. The lowest BCUT2D eigenvalue weighted by Gasteiger charge is -2.16. The molecule has 7 nitrogen and oxygen atoms in total. The molecule has 9 heteroatoms. The Morgan fingerprint density at radius 1 is 1.07 bits per heavy atom. The summed E-state index contributed by atoms with van der Waals surface area (Å²) in [6.07, 6.45) is -0.121. The first kappa shape index (κ1) is 22.6. The molecule has 0 unspecified atom stereocenters. The largest absolute Gasteiger partial charge is 0.493 e. The van der Waals surface area contributed by atoms with Gasteiger partial charge in [0, 0.05) is 10.6 Å². The quantitative estimate of drug-likeness (QED) is 0.636. The third-order valence-corrected chi connectivity index (χ3v) is 4.36. The van der Waals surface area contributed by atoms with Gasteiger partial charge in [0.25, 0.3) is 11.8 Å². The van der Waals surface area contributed by atoms with Gasteiger partial charge >= 0.3 is 0 Å². The number of ether oxygens (including phenoxy) is 3. The van der Waals surface area contributed by atoms with Crippen molar-refractivity contribution >= 4 is 35.0 Å². The summed E-state index contributed by atoms with van der Waals surface area (Å²) in [5, 5.41) is 0.823. The van der Waals surface area contributed by atoms with E-state index in [0.29, 0.717) is 22.3 Å². The molecule has 0 aliphatic heterocycles. The molecule has 2 N–H and O–H groups in total. The van der Waals surface area contributed by atoms with Crippen LogP contribution in [0.1, 0.15) is 29.8 Å². The minimum atomic E-state index is -0.572. The monoisotopic (exact) mass is 440 g/mol. The number of carbonyl (C=O) groups is 2. The zero-order valence-corrected chi connectivity index (χ0v) is 18.0. The van der Waals surface area contributed by atoms with Crippen molar-refractivity contribution in [1.82, 2.24) is 10.9 Å². The van der Waals surface area contributed by atoms with Gasteiger partial charge in [0.05, 0.1) is 18.2 Å². The van der Waals surface area contributed by atoms with Gasteiger partial charge in [-0.1, -0.05) is 23.2 Å². The van der Waals surface area contributed by atoms with Crippen LogP contribution in [0.25, 0.3) is 0 Å². The van der Waals surface area contributed by atoms with E-state index in [0.717, 1.165) is 5.56 Å². The van der Waals surface area contributed by atoms with E-state index in [1.54, 1.807) is 18.2 Å². The maximum absolute atomic E-state index is 12.3. The second kappa shape index (κ2) is 10.2. The fourth-order valence-corrected chi connectivity index (χ4v) is 2.66. The number of hydrogen-bond donors (Lipinski definition) is 2. The molecule has 0 saturated carbocycles. The molecule has 0 aromatic heterocycles. The van der Waals surface area contributed by atoms with Crippen LogP contribution in [0.5, 0.6) is 17.2 Å². The number of methoxy groups -OCH3 is 1. The maximum atomic E-state index is 12.3. The maximum Gasteiger partial charge on any atom is 0.276 e. The minimum Gasteiger partial charge on any atom is -0.493 e. The standard InChI is InChI=1S/C20H22Cl2N2O5/c1-11(2)29-19-16(22)8-13(9-17(19)27-4)20(26)24-23-18(25)10-28-14-5-6-15(21)12(3)7-14/h5-9,11H,10H2,1-4H3,(H,23,25)(H,24,26). The van der Waals surface area contributed by atoms with Crippen LogP contribution in [-0.4, -0.2) is 31.6 Å². The number of carbonyl (C=O) groups excluding carboxylic acids is 2. The molecule has 0 bridgehead atoms. The number of amides is 2. The number of nitrogens with one attached hydrogen (secondary N) is 2. The fourth-order valence-electron chi connectivity index (χ4n) is 2.29. The first-order valence-corrected chi connectivity index (χ1v) is 9.49. The summed E-state index contributed by atoms with van der Waals surface area (Å²) >= 11 is 12.1. The molecule has 2 amide bonds. The molecule has 0 heterocycles. The zero-order chi connectivity index (χ0) is 21.6. The molecule has 0 aliphatic carbocycles. The predicted molar refractivity (Wildman–Crippen MR) is 111 cm³/mol. The number of halogens is 2. The molecular formula is C20H22Cl2N2O5. The van der Waals surface area contributed by atoms with Crippen molar-refractivity contribution < 1.29 is 23.8 Å². The highest BCUT2D eigenvalue weighted by Crippen LogP contribution is 2.37. The van der Waals surface area contributed by atoms with Gasteiger partial charge in [-0.3, -0.25) is 20.4 Å². The third kappa shape index (κ3) is 6.44. The van der Waals surface area contributed by atoms with Crippen molar-refractivity contribution in [3.05, 3.63) is 51.5 Å². The van der Waals surface area contributed by atoms with Gasteiger partial charge in [0.2, 0.25) is 0 Å². The van der Waals surface area contributed by atoms with Gasteiger partial charge in [-0.15, -0.1) is 0 Å². The first-order valence-electron chi connectivity index (χ1n) is 8.73. The topological polar surface area (TPSA) is 85.9 Å². The molecule has 0 atom stereocenters. The minimum absolute atomic E-state index is 0.121. The van der Waals surface area contributed by atoms with Crippen molar-refractivity contribution in [1.29, 1.82) is 0 Å². The number of aryl methyl sites for hydroxylation is 1.